The van der Waals surface area contributed by atoms with E-state index in [2.05, 4.69) is 25.3 Å². The Morgan fingerprint density at radius 3 is 2.56 bits per heavy atom. The van der Waals surface area contributed by atoms with Crippen LogP contribution in [0.2, 0.25) is 5.02 Å². The summed E-state index contributed by atoms with van der Waals surface area (Å²) in [5.74, 6) is 2.36. The van der Waals surface area contributed by atoms with Gasteiger partial charge in [0.1, 0.15) is 17.3 Å². The van der Waals surface area contributed by atoms with E-state index in [0.717, 1.165) is 11.3 Å². The molecular formula is C17H17ClN6O2S. The smallest absolute Gasteiger partial charge is 0.222 e. The van der Waals surface area contributed by atoms with Crippen LogP contribution < -0.4 is 15.2 Å². The van der Waals surface area contributed by atoms with E-state index in [0.29, 0.717) is 40.7 Å². The van der Waals surface area contributed by atoms with E-state index in [1.54, 1.807) is 25.1 Å². The number of ether oxygens (including phenoxy) is 1. The molecule has 3 rings (SSSR count). The highest BCUT2D eigenvalue weighted by atomic mass is 35.5. The first-order chi connectivity index (χ1) is 13.0. The molecule has 1 unspecified atom stereocenters. The molecule has 3 aromatic rings. The highest BCUT2D eigenvalue weighted by Crippen LogP contribution is 2.21. The van der Waals surface area contributed by atoms with E-state index in [9.17, 15) is 4.55 Å². The Labute approximate surface area is 164 Å². The molecule has 10 heteroatoms. The Kier molecular flexibility index (Phi) is 6.40. The lowest BCUT2D eigenvalue weighted by atomic mass is 10.2. The zero-order valence-electron chi connectivity index (χ0n) is 14.4. The molecule has 0 spiro atoms. The van der Waals surface area contributed by atoms with Crippen LogP contribution in [0.25, 0.3) is 0 Å². The summed E-state index contributed by atoms with van der Waals surface area (Å²) in [6.07, 6.45) is 3.03. The predicted molar refractivity (Wildman–Crippen MR) is 104 cm³/mol. The van der Waals surface area contributed by atoms with Gasteiger partial charge in [0.25, 0.3) is 0 Å². The highest BCUT2D eigenvalue weighted by molar-refractivity contribution is 7.88. The first kappa shape index (κ1) is 19.3. The monoisotopic (exact) mass is 404 g/mol. The van der Waals surface area contributed by atoms with Crippen molar-refractivity contribution >= 4 is 28.9 Å². The number of aryl methyl sites for hydroxylation is 1. The Morgan fingerprint density at radius 1 is 1.19 bits per heavy atom. The molecule has 2 heterocycles. The van der Waals surface area contributed by atoms with Gasteiger partial charge in [-0.25, -0.2) is 15.0 Å². The summed E-state index contributed by atoms with van der Waals surface area (Å²) < 4.78 is 16.9. The molecule has 0 aliphatic heterocycles. The van der Waals surface area contributed by atoms with Crippen molar-refractivity contribution in [2.24, 2.45) is 5.14 Å². The van der Waals surface area contributed by atoms with Crippen LogP contribution in [0, 0.1) is 6.92 Å². The third kappa shape index (κ3) is 6.04. The fourth-order valence-electron chi connectivity index (χ4n) is 2.25. The van der Waals surface area contributed by atoms with E-state index in [4.69, 9.17) is 21.5 Å². The summed E-state index contributed by atoms with van der Waals surface area (Å²) in [6, 6.07) is 8.92. The standard InChI is InChI=1S/C17H17ClN6O2S/c1-11-23-14(9-22-17-20-7-13(18)8-21-17)6-16(24-11)26-15-4-2-12(3-5-15)10-27(19)25/h2-8H,9-10,19H2,1H3,(H,20,21,22). The molecule has 0 amide bonds. The van der Waals surface area contributed by atoms with Gasteiger partial charge in [-0.2, -0.15) is 10.1 Å². The molecular weight excluding hydrogens is 388 g/mol. The van der Waals surface area contributed by atoms with Crippen LogP contribution in [0.15, 0.2) is 42.7 Å². The lowest BCUT2D eigenvalue weighted by Gasteiger charge is -2.09. The maximum Gasteiger partial charge on any atom is 0.222 e. The fourth-order valence-corrected chi connectivity index (χ4v) is 2.87. The quantitative estimate of drug-likeness (QED) is 0.576. The minimum absolute atomic E-state index is 0.301. The zero-order chi connectivity index (χ0) is 19.2. The molecule has 0 fully saturated rings. The summed E-state index contributed by atoms with van der Waals surface area (Å²) in [5, 5.41) is 8.83. The molecule has 1 aromatic carbocycles. The number of hydrogen-bond acceptors (Lipinski definition) is 8. The van der Waals surface area contributed by atoms with Crippen LogP contribution in [-0.4, -0.2) is 24.5 Å². The topological polar surface area (TPSA) is 122 Å². The van der Waals surface area contributed by atoms with Gasteiger partial charge in [0.05, 0.1) is 29.7 Å². The van der Waals surface area contributed by atoms with Gasteiger partial charge >= 0.3 is 0 Å². The number of nitrogens with two attached hydrogens (primary N) is 1. The van der Waals surface area contributed by atoms with Gasteiger partial charge in [-0.15, -0.1) is 0 Å². The van der Waals surface area contributed by atoms with Gasteiger partial charge in [0.15, 0.2) is 0 Å². The maximum absolute atomic E-state index is 11.1. The SMILES string of the molecule is Cc1nc(CNc2ncc(Cl)cn2)cc(Oc2ccc(C[S+](N)[O-])cc2)n1. The largest absolute Gasteiger partial charge is 0.598 e. The van der Waals surface area contributed by atoms with Crippen LogP contribution in [-0.2, 0) is 23.7 Å². The number of nitrogens with one attached hydrogen (secondary N) is 1. The van der Waals surface area contributed by atoms with E-state index in [1.807, 2.05) is 12.1 Å². The second kappa shape index (κ2) is 8.96. The number of nitrogens with zero attached hydrogens (tertiary/aromatic N) is 4. The summed E-state index contributed by atoms with van der Waals surface area (Å²) >= 11 is 4.40. The summed E-state index contributed by atoms with van der Waals surface area (Å²) in [4.78, 5) is 16.8. The Hall–Kier alpha value is -2.46. The van der Waals surface area contributed by atoms with Crippen molar-refractivity contribution < 1.29 is 9.29 Å². The molecule has 8 nitrogen and oxygen atoms in total. The van der Waals surface area contributed by atoms with Crippen molar-refractivity contribution in [1.82, 2.24) is 19.9 Å². The molecule has 0 aliphatic carbocycles. The normalized spacial score (nSPS) is 11.9. The molecule has 3 N–H and O–H groups in total. The molecule has 1 atom stereocenters. The van der Waals surface area contributed by atoms with Crippen molar-refractivity contribution in [2.45, 2.75) is 19.2 Å². The Balaban J connectivity index is 1.66. The molecule has 0 saturated heterocycles. The second-order valence-corrected chi connectivity index (χ2v) is 7.08. The van der Waals surface area contributed by atoms with E-state index in [-0.39, 0.29) is 0 Å². The van der Waals surface area contributed by atoms with Crippen molar-refractivity contribution in [2.75, 3.05) is 5.32 Å². The number of benzene rings is 1. The van der Waals surface area contributed by atoms with E-state index >= 15 is 0 Å². The minimum Gasteiger partial charge on any atom is -0.598 e. The molecule has 2 aromatic heterocycles. The average molecular weight is 405 g/mol. The Bertz CT molecular complexity index is 893. The molecule has 0 radical (unpaired) electrons. The van der Waals surface area contributed by atoms with Gasteiger partial charge < -0.3 is 14.6 Å². The lowest BCUT2D eigenvalue weighted by Crippen LogP contribution is -2.14. The van der Waals surface area contributed by atoms with Gasteiger partial charge in [0.2, 0.25) is 11.8 Å². The van der Waals surface area contributed by atoms with E-state index < -0.39 is 11.4 Å². The number of rotatable bonds is 7. The summed E-state index contributed by atoms with van der Waals surface area (Å²) in [5.41, 5.74) is 1.60. The van der Waals surface area contributed by atoms with Crippen molar-refractivity contribution in [1.29, 1.82) is 0 Å². The first-order valence-electron chi connectivity index (χ1n) is 7.93. The van der Waals surface area contributed by atoms with Gasteiger partial charge in [-0.05, 0) is 19.1 Å². The third-order valence-corrected chi connectivity index (χ3v) is 4.18. The highest BCUT2D eigenvalue weighted by Gasteiger charge is 2.07. The van der Waals surface area contributed by atoms with Gasteiger partial charge in [-0.3, -0.25) is 0 Å². The number of hydrogen-bond donors (Lipinski definition) is 2. The maximum atomic E-state index is 11.1. The molecule has 27 heavy (non-hydrogen) atoms. The van der Waals surface area contributed by atoms with Crippen LogP contribution in [0.5, 0.6) is 11.6 Å². The predicted octanol–water partition coefficient (Wildman–Crippen LogP) is 2.76. The minimum atomic E-state index is -1.37. The molecule has 140 valence electrons. The van der Waals surface area contributed by atoms with Gasteiger partial charge in [-0.1, -0.05) is 23.7 Å². The van der Waals surface area contributed by atoms with Crippen LogP contribution in [0.4, 0.5) is 5.95 Å². The first-order valence-corrected chi connectivity index (χ1v) is 9.69. The molecule has 0 aliphatic rings. The third-order valence-electron chi connectivity index (χ3n) is 3.37. The average Bonchev–Trinajstić information content (AvgIpc) is 2.62. The van der Waals surface area contributed by atoms with E-state index in [1.165, 1.54) is 12.4 Å². The van der Waals surface area contributed by atoms with Gasteiger partial charge in [0, 0.05) is 23.0 Å². The second-order valence-electron chi connectivity index (χ2n) is 5.59. The summed E-state index contributed by atoms with van der Waals surface area (Å²) in [6.45, 7) is 2.19. The number of anilines is 1. The lowest BCUT2D eigenvalue weighted by molar-refractivity contribution is 0.458. The van der Waals surface area contributed by atoms with Crippen LogP contribution in [0.1, 0.15) is 17.1 Å². The van der Waals surface area contributed by atoms with Crippen molar-refractivity contribution in [3.8, 4) is 11.6 Å². The van der Waals surface area contributed by atoms with Crippen LogP contribution >= 0.6 is 11.6 Å². The van der Waals surface area contributed by atoms with Crippen LogP contribution in [0.3, 0.4) is 0 Å². The van der Waals surface area contributed by atoms with Crippen molar-refractivity contribution in [3.05, 3.63) is 64.8 Å². The number of aromatic nitrogens is 4. The van der Waals surface area contributed by atoms with Crippen molar-refractivity contribution in [3.63, 3.8) is 0 Å². The summed E-state index contributed by atoms with van der Waals surface area (Å²) in [7, 11) is 0. The molecule has 0 bridgehead atoms. The molecule has 0 saturated carbocycles. The fraction of sp³-hybridized carbons (Fsp3) is 0.176. The Morgan fingerprint density at radius 2 is 1.89 bits per heavy atom. The number of halogens is 1. The zero-order valence-corrected chi connectivity index (χ0v) is 16.0.